The van der Waals surface area contributed by atoms with Crippen LogP contribution in [0, 0.1) is 0 Å². The van der Waals surface area contributed by atoms with Gasteiger partial charge in [-0.15, -0.1) is 0 Å². The van der Waals surface area contributed by atoms with Crippen molar-refractivity contribution in [2.24, 2.45) is 0 Å². The molecule has 82 valence electrons. The van der Waals surface area contributed by atoms with E-state index in [1.54, 1.807) is 19.0 Å². The van der Waals surface area contributed by atoms with E-state index in [1.807, 2.05) is 18.2 Å². The number of hydrogen-bond acceptors (Lipinski definition) is 2. The Balaban J connectivity index is 2.58. The zero-order valence-electron chi connectivity index (χ0n) is 8.96. The van der Waals surface area contributed by atoms with Gasteiger partial charge in [-0.3, -0.25) is 4.79 Å². The molecule has 0 aliphatic heterocycles. The number of carbonyl (C=O) groups excluding carboxylic acids is 1. The molecule has 0 aromatic heterocycles. The molecule has 4 heteroatoms. The number of aryl methyl sites for hydroxylation is 1. The van der Waals surface area contributed by atoms with Crippen LogP contribution in [0.1, 0.15) is 12.0 Å². The Labute approximate surface area is 98.4 Å². The van der Waals surface area contributed by atoms with E-state index in [2.05, 4.69) is 15.9 Å². The molecule has 1 aromatic rings. The van der Waals surface area contributed by atoms with Gasteiger partial charge in [-0.05, 0) is 40.0 Å². The first-order valence-electron chi connectivity index (χ1n) is 4.74. The van der Waals surface area contributed by atoms with Crippen molar-refractivity contribution in [1.82, 2.24) is 4.90 Å². The van der Waals surface area contributed by atoms with E-state index in [1.165, 1.54) is 0 Å². The maximum atomic E-state index is 11.4. The second-order valence-corrected chi connectivity index (χ2v) is 4.50. The van der Waals surface area contributed by atoms with Gasteiger partial charge in [0, 0.05) is 30.7 Å². The van der Waals surface area contributed by atoms with Gasteiger partial charge in [0.2, 0.25) is 5.91 Å². The van der Waals surface area contributed by atoms with Crippen LogP contribution in [0.15, 0.2) is 22.7 Å². The highest BCUT2D eigenvalue weighted by Crippen LogP contribution is 2.21. The fraction of sp³-hybridized carbons (Fsp3) is 0.364. The third-order valence-electron chi connectivity index (χ3n) is 2.19. The lowest BCUT2D eigenvalue weighted by molar-refractivity contribution is -0.128. The molecule has 0 saturated heterocycles. The smallest absolute Gasteiger partial charge is 0.222 e. The molecule has 0 aliphatic carbocycles. The number of halogens is 1. The molecular formula is C11H15BrN2O. The maximum absolute atomic E-state index is 11.4. The van der Waals surface area contributed by atoms with Gasteiger partial charge >= 0.3 is 0 Å². The monoisotopic (exact) mass is 270 g/mol. The molecule has 1 amide bonds. The van der Waals surface area contributed by atoms with Crippen LogP contribution < -0.4 is 5.73 Å². The molecule has 0 radical (unpaired) electrons. The normalized spacial score (nSPS) is 10.1. The lowest BCUT2D eigenvalue weighted by atomic mass is 10.1. The van der Waals surface area contributed by atoms with Crippen molar-refractivity contribution < 1.29 is 4.79 Å². The van der Waals surface area contributed by atoms with Crippen LogP contribution in [0.5, 0.6) is 0 Å². The summed E-state index contributed by atoms with van der Waals surface area (Å²) in [4.78, 5) is 13.0. The summed E-state index contributed by atoms with van der Waals surface area (Å²) in [5.41, 5.74) is 7.51. The van der Waals surface area contributed by atoms with Crippen LogP contribution >= 0.6 is 15.9 Å². The van der Waals surface area contributed by atoms with Gasteiger partial charge in [0.25, 0.3) is 0 Å². The van der Waals surface area contributed by atoms with Crippen molar-refractivity contribution in [3.8, 4) is 0 Å². The number of anilines is 1. The van der Waals surface area contributed by atoms with E-state index in [0.717, 1.165) is 22.1 Å². The SMILES string of the molecule is CN(C)C(=O)CCc1ccc(N)c(Br)c1. The molecule has 1 aromatic carbocycles. The predicted octanol–water partition coefficient (Wildman–Crippen LogP) is 2.05. The molecule has 0 heterocycles. The molecule has 0 fully saturated rings. The van der Waals surface area contributed by atoms with Gasteiger partial charge in [0.05, 0.1) is 0 Å². The van der Waals surface area contributed by atoms with Crippen LogP contribution in [-0.4, -0.2) is 24.9 Å². The van der Waals surface area contributed by atoms with Gasteiger partial charge in [0.15, 0.2) is 0 Å². The summed E-state index contributed by atoms with van der Waals surface area (Å²) in [6.07, 6.45) is 1.28. The number of carbonyl (C=O) groups is 1. The van der Waals surface area contributed by atoms with E-state index in [4.69, 9.17) is 5.73 Å². The van der Waals surface area contributed by atoms with Gasteiger partial charge in [-0.1, -0.05) is 6.07 Å². The molecule has 0 atom stereocenters. The first kappa shape index (κ1) is 12.0. The average Bonchev–Trinajstić information content (AvgIpc) is 2.19. The van der Waals surface area contributed by atoms with Gasteiger partial charge < -0.3 is 10.6 Å². The van der Waals surface area contributed by atoms with Crippen molar-refractivity contribution >= 4 is 27.5 Å². The largest absolute Gasteiger partial charge is 0.398 e. The Morgan fingerprint density at radius 3 is 2.67 bits per heavy atom. The van der Waals surface area contributed by atoms with Crippen molar-refractivity contribution in [3.05, 3.63) is 28.2 Å². The number of nitrogen functional groups attached to an aromatic ring is 1. The van der Waals surface area contributed by atoms with Crippen molar-refractivity contribution in [2.75, 3.05) is 19.8 Å². The highest BCUT2D eigenvalue weighted by atomic mass is 79.9. The third kappa shape index (κ3) is 3.55. The molecule has 0 spiro atoms. The van der Waals surface area contributed by atoms with Crippen LogP contribution in [0.3, 0.4) is 0 Å². The molecule has 0 bridgehead atoms. The maximum Gasteiger partial charge on any atom is 0.222 e. The number of amides is 1. The zero-order chi connectivity index (χ0) is 11.4. The van der Waals surface area contributed by atoms with Gasteiger partial charge in [-0.2, -0.15) is 0 Å². The fourth-order valence-electron chi connectivity index (χ4n) is 1.20. The molecule has 1 rings (SSSR count). The van der Waals surface area contributed by atoms with E-state index in [9.17, 15) is 4.79 Å². The quantitative estimate of drug-likeness (QED) is 0.855. The lowest BCUT2D eigenvalue weighted by Crippen LogP contribution is -2.21. The second-order valence-electron chi connectivity index (χ2n) is 3.64. The molecular weight excluding hydrogens is 256 g/mol. The number of hydrogen-bond donors (Lipinski definition) is 1. The Hall–Kier alpha value is -1.03. The van der Waals surface area contributed by atoms with Crippen molar-refractivity contribution in [2.45, 2.75) is 12.8 Å². The Morgan fingerprint density at radius 1 is 1.47 bits per heavy atom. The minimum atomic E-state index is 0.142. The second kappa shape index (κ2) is 5.16. The molecule has 0 unspecified atom stereocenters. The summed E-state index contributed by atoms with van der Waals surface area (Å²) in [7, 11) is 3.53. The highest BCUT2D eigenvalue weighted by Gasteiger charge is 2.05. The van der Waals surface area contributed by atoms with E-state index in [0.29, 0.717) is 6.42 Å². The Morgan fingerprint density at radius 2 is 2.13 bits per heavy atom. The first-order chi connectivity index (χ1) is 7.00. The predicted molar refractivity (Wildman–Crippen MR) is 65.6 cm³/mol. The lowest BCUT2D eigenvalue weighted by Gasteiger charge is -2.10. The van der Waals surface area contributed by atoms with Crippen LogP contribution in [0.4, 0.5) is 5.69 Å². The first-order valence-corrected chi connectivity index (χ1v) is 5.54. The van der Waals surface area contributed by atoms with Gasteiger partial charge in [0.1, 0.15) is 0 Å². The topological polar surface area (TPSA) is 46.3 Å². The number of rotatable bonds is 3. The summed E-state index contributed by atoms with van der Waals surface area (Å²) in [6.45, 7) is 0. The molecule has 0 saturated carbocycles. The minimum Gasteiger partial charge on any atom is -0.398 e. The standard InChI is InChI=1S/C11H15BrN2O/c1-14(2)11(15)6-4-8-3-5-10(13)9(12)7-8/h3,5,7H,4,6,13H2,1-2H3. The fourth-order valence-corrected chi connectivity index (χ4v) is 1.63. The number of nitrogens with zero attached hydrogens (tertiary/aromatic N) is 1. The summed E-state index contributed by atoms with van der Waals surface area (Å²) in [5, 5.41) is 0. The Bertz CT molecular complexity index is 364. The van der Waals surface area contributed by atoms with Crippen molar-refractivity contribution in [3.63, 3.8) is 0 Å². The van der Waals surface area contributed by atoms with Crippen LogP contribution in [0.2, 0.25) is 0 Å². The number of benzene rings is 1. The Kier molecular flexibility index (Phi) is 4.15. The zero-order valence-corrected chi connectivity index (χ0v) is 10.5. The molecule has 3 nitrogen and oxygen atoms in total. The summed E-state index contributed by atoms with van der Waals surface area (Å²) in [5.74, 6) is 0.142. The molecule has 0 aliphatic rings. The van der Waals surface area contributed by atoms with Crippen LogP contribution in [-0.2, 0) is 11.2 Å². The van der Waals surface area contributed by atoms with E-state index >= 15 is 0 Å². The number of nitrogens with two attached hydrogens (primary N) is 1. The van der Waals surface area contributed by atoms with E-state index < -0.39 is 0 Å². The molecule has 2 N–H and O–H groups in total. The van der Waals surface area contributed by atoms with Gasteiger partial charge in [-0.25, -0.2) is 0 Å². The molecule has 15 heavy (non-hydrogen) atoms. The summed E-state index contributed by atoms with van der Waals surface area (Å²) >= 11 is 3.36. The summed E-state index contributed by atoms with van der Waals surface area (Å²) in [6, 6.07) is 5.75. The average molecular weight is 271 g/mol. The van der Waals surface area contributed by atoms with Crippen LogP contribution in [0.25, 0.3) is 0 Å². The van der Waals surface area contributed by atoms with Crippen molar-refractivity contribution in [1.29, 1.82) is 0 Å². The summed E-state index contributed by atoms with van der Waals surface area (Å²) < 4.78 is 0.886. The van der Waals surface area contributed by atoms with E-state index in [-0.39, 0.29) is 5.91 Å². The minimum absolute atomic E-state index is 0.142. The third-order valence-corrected chi connectivity index (χ3v) is 2.88. The highest BCUT2D eigenvalue weighted by molar-refractivity contribution is 9.10.